The zero-order valence-corrected chi connectivity index (χ0v) is 22.5. The van der Waals surface area contributed by atoms with Gasteiger partial charge in [0.25, 0.3) is 5.91 Å². The highest BCUT2D eigenvalue weighted by Crippen LogP contribution is 2.45. The number of carbonyl (C=O) groups is 2. The number of nitrogens with zero attached hydrogens (tertiary/aromatic N) is 2. The molecule has 6 atom stereocenters. The zero-order chi connectivity index (χ0) is 27.9. The van der Waals surface area contributed by atoms with E-state index >= 15 is 0 Å². The summed E-state index contributed by atoms with van der Waals surface area (Å²) >= 11 is 0. The van der Waals surface area contributed by atoms with Crippen LogP contribution in [-0.2, 0) is 28.2 Å². The van der Waals surface area contributed by atoms with Crippen molar-refractivity contribution in [2.24, 2.45) is 11.0 Å². The highest BCUT2D eigenvalue weighted by Gasteiger charge is 2.48. The van der Waals surface area contributed by atoms with E-state index in [0.29, 0.717) is 0 Å². The maximum Gasteiger partial charge on any atom is 0.459 e. The maximum absolute atomic E-state index is 13.7. The number of carbonyl (C=O) groups excluding carboxylic acids is 2. The van der Waals surface area contributed by atoms with Gasteiger partial charge in [-0.1, -0.05) is 51.5 Å². The van der Waals surface area contributed by atoms with E-state index in [0.717, 1.165) is 24.1 Å². The first-order valence-electron chi connectivity index (χ1n) is 12.3. The molecule has 38 heavy (non-hydrogen) atoms. The lowest BCUT2D eigenvalue weighted by molar-refractivity contribution is -0.146. The Morgan fingerprint density at radius 3 is 2.58 bits per heavy atom. The Kier molecular flexibility index (Phi) is 10.4. The molecular formula is C24H35N4O9P. The number of para-hydroxylation sites is 1. The van der Waals surface area contributed by atoms with Crippen LogP contribution < -0.4 is 14.9 Å². The Labute approximate surface area is 221 Å². The van der Waals surface area contributed by atoms with Gasteiger partial charge in [0.2, 0.25) is 0 Å². The third kappa shape index (κ3) is 7.62. The predicted molar refractivity (Wildman–Crippen MR) is 137 cm³/mol. The highest BCUT2D eigenvalue weighted by molar-refractivity contribution is 7.52. The van der Waals surface area contributed by atoms with E-state index in [4.69, 9.17) is 18.5 Å². The normalized spacial score (nSPS) is 25.7. The van der Waals surface area contributed by atoms with E-state index < -0.39 is 56.8 Å². The Hall–Kier alpha value is -2.80. The summed E-state index contributed by atoms with van der Waals surface area (Å²) in [6.07, 6.45) is -2.63. The third-order valence-electron chi connectivity index (χ3n) is 6.12. The topological polar surface area (TPSA) is 168 Å². The summed E-state index contributed by atoms with van der Waals surface area (Å²) < 4.78 is 35.9. The lowest BCUT2D eigenvalue weighted by atomic mass is 10.1. The molecule has 2 unspecified atom stereocenters. The monoisotopic (exact) mass is 554 g/mol. The summed E-state index contributed by atoms with van der Waals surface area (Å²) in [6, 6.07) is 7.14. The highest BCUT2D eigenvalue weighted by atomic mass is 31.2. The molecule has 210 valence electrons. The van der Waals surface area contributed by atoms with Gasteiger partial charge in [-0.3, -0.25) is 14.1 Å². The van der Waals surface area contributed by atoms with Crippen LogP contribution in [0.3, 0.4) is 0 Å². The Morgan fingerprint density at radius 1 is 1.26 bits per heavy atom. The van der Waals surface area contributed by atoms with Gasteiger partial charge in [-0.05, 0) is 25.0 Å². The number of ether oxygens (including phenoxy) is 2. The molecule has 1 aromatic rings. The van der Waals surface area contributed by atoms with E-state index in [1.54, 1.807) is 30.3 Å². The standard InChI is InChI=1S/C24H35N4O9P/c1-5-17(6-2)13-34-24(32)15(3)27-38(33,37-18-10-8-7-9-11-18)35-14-19-21(30)22(31)23(36-19)28-16(4)26-20(29)12-25-28/h7-12,15,17,19,21-23,30-31H,4-6,13-14H2,1-3H3,(H,26,29)(H,27,33)/t15-,19+,21?,22-,23+,38?/m0/s1. The van der Waals surface area contributed by atoms with E-state index in [9.17, 15) is 24.4 Å². The molecule has 4 N–H and O–H groups in total. The Bertz CT molecular complexity index is 1050. The number of nitrogens with one attached hydrogen (secondary N) is 2. The van der Waals surface area contributed by atoms with Crippen molar-refractivity contribution in [1.82, 2.24) is 15.4 Å². The van der Waals surface area contributed by atoms with Gasteiger partial charge in [0.1, 0.15) is 42.1 Å². The molecule has 0 aliphatic carbocycles. The van der Waals surface area contributed by atoms with Crippen molar-refractivity contribution < 1.29 is 42.9 Å². The number of hydrogen-bond donors (Lipinski definition) is 4. The van der Waals surface area contributed by atoms with Crippen LogP contribution in [0.2, 0.25) is 0 Å². The molecule has 1 amide bonds. The largest absolute Gasteiger partial charge is 0.464 e. The number of aliphatic hydroxyl groups excluding tert-OH is 2. The smallest absolute Gasteiger partial charge is 0.459 e. The minimum atomic E-state index is -4.22. The lowest BCUT2D eigenvalue weighted by Crippen LogP contribution is -2.47. The van der Waals surface area contributed by atoms with Gasteiger partial charge < -0.3 is 29.5 Å². The number of hydrogen-bond acceptors (Lipinski definition) is 11. The summed E-state index contributed by atoms with van der Waals surface area (Å²) in [6.45, 7) is 8.87. The van der Waals surface area contributed by atoms with E-state index in [-0.39, 0.29) is 24.1 Å². The molecular weight excluding hydrogens is 519 g/mol. The second-order valence-electron chi connectivity index (χ2n) is 8.93. The van der Waals surface area contributed by atoms with Crippen LogP contribution in [0.4, 0.5) is 0 Å². The van der Waals surface area contributed by atoms with Crippen LogP contribution in [0.25, 0.3) is 0 Å². The molecule has 2 aliphatic heterocycles. The van der Waals surface area contributed by atoms with E-state index in [1.807, 2.05) is 13.8 Å². The van der Waals surface area contributed by atoms with Crippen molar-refractivity contribution >= 4 is 25.8 Å². The average Bonchev–Trinajstić information content (AvgIpc) is 3.17. The molecule has 2 heterocycles. The fourth-order valence-corrected chi connectivity index (χ4v) is 5.23. The first kappa shape index (κ1) is 29.8. The van der Waals surface area contributed by atoms with E-state index in [1.165, 1.54) is 6.92 Å². The van der Waals surface area contributed by atoms with Crippen molar-refractivity contribution in [3.63, 3.8) is 0 Å². The first-order chi connectivity index (χ1) is 18.1. The lowest BCUT2D eigenvalue weighted by Gasteiger charge is -2.30. The van der Waals surface area contributed by atoms with Crippen molar-refractivity contribution in [3.8, 4) is 5.75 Å². The van der Waals surface area contributed by atoms with Crippen LogP contribution in [0, 0.1) is 5.92 Å². The summed E-state index contributed by atoms with van der Waals surface area (Å²) in [7, 11) is -4.22. The molecule has 1 fully saturated rings. The second-order valence-corrected chi connectivity index (χ2v) is 10.6. The number of esters is 1. The molecule has 14 heteroatoms. The summed E-state index contributed by atoms with van der Waals surface area (Å²) in [5.41, 5.74) is 0. The van der Waals surface area contributed by atoms with Crippen LogP contribution in [0.5, 0.6) is 5.75 Å². The average molecular weight is 555 g/mol. The SMILES string of the molecule is C=C1NC(=O)C=NN1[C@@H]1O[C@H](COP(=O)(N[C@@H](C)C(=O)OCC(CC)CC)Oc2ccccc2)C(O)[C@@H]1O. The molecule has 0 radical (unpaired) electrons. The van der Waals surface area contributed by atoms with E-state index in [2.05, 4.69) is 22.1 Å². The summed E-state index contributed by atoms with van der Waals surface area (Å²) in [5, 5.41) is 31.0. The molecule has 1 aromatic carbocycles. The number of hydrazone groups is 1. The van der Waals surface area contributed by atoms with Crippen LogP contribution in [-0.4, -0.2) is 77.1 Å². The predicted octanol–water partition coefficient (Wildman–Crippen LogP) is 1.48. The van der Waals surface area contributed by atoms with Gasteiger partial charge in [-0.25, -0.2) is 9.57 Å². The van der Waals surface area contributed by atoms with Gasteiger partial charge in [0.15, 0.2) is 6.23 Å². The van der Waals surface area contributed by atoms with Gasteiger partial charge in [-0.15, -0.1) is 0 Å². The number of rotatable bonds is 13. The molecule has 13 nitrogen and oxygen atoms in total. The maximum atomic E-state index is 13.7. The Balaban J connectivity index is 1.69. The van der Waals surface area contributed by atoms with Gasteiger partial charge in [0.05, 0.1) is 13.2 Å². The molecule has 0 bridgehead atoms. The van der Waals surface area contributed by atoms with Gasteiger partial charge in [0, 0.05) is 0 Å². The number of aliphatic hydroxyl groups is 2. The van der Waals surface area contributed by atoms with Gasteiger partial charge >= 0.3 is 13.7 Å². The summed E-state index contributed by atoms with van der Waals surface area (Å²) in [5.74, 6) is -0.675. The third-order valence-corrected chi connectivity index (χ3v) is 7.76. The molecule has 0 spiro atoms. The molecule has 0 aromatic heterocycles. The number of benzene rings is 1. The minimum Gasteiger partial charge on any atom is -0.464 e. The van der Waals surface area contributed by atoms with Crippen molar-refractivity contribution in [3.05, 3.63) is 42.7 Å². The van der Waals surface area contributed by atoms with Crippen molar-refractivity contribution in [1.29, 1.82) is 0 Å². The molecule has 0 saturated carbocycles. The first-order valence-corrected chi connectivity index (χ1v) is 13.9. The van der Waals surface area contributed by atoms with Crippen LogP contribution in [0.15, 0.2) is 47.8 Å². The van der Waals surface area contributed by atoms with Crippen molar-refractivity contribution in [2.75, 3.05) is 13.2 Å². The number of amides is 1. The fourth-order valence-electron chi connectivity index (χ4n) is 3.73. The summed E-state index contributed by atoms with van der Waals surface area (Å²) in [4.78, 5) is 24.0. The van der Waals surface area contributed by atoms with Crippen LogP contribution >= 0.6 is 7.75 Å². The molecule has 3 rings (SSSR count). The molecule has 1 saturated heterocycles. The minimum absolute atomic E-state index is 0.0378. The quantitative estimate of drug-likeness (QED) is 0.206. The van der Waals surface area contributed by atoms with Crippen molar-refractivity contribution in [2.45, 2.75) is 64.2 Å². The van der Waals surface area contributed by atoms with Gasteiger partial charge in [-0.2, -0.15) is 10.2 Å². The van der Waals surface area contributed by atoms with Crippen LogP contribution in [0.1, 0.15) is 33.6 Å². The second kappa shape index (κ2) is 13.3. The zero-order valence-electron chi connectivity index (χ0n) is 21.6. The Morgan fingerprint density at radius 2 is 1.95 bits per heavy atom. The molecule has 2 aliphatic rings. The fraction of sp³-hybridized carbons (Fsp3) is 0.542.